The minimum absolute atomic E-state index is 0.0359. The summed E-state index contributed by atoms with van der Waals surface area (Å²) in [6, 6.07) is 12.5. The maximum atomic E-state index is 12.6. The topological polar surface area (TPSA) is 66.5 Å². The van der Waals surface area contributed by atoms with Crippen LogP contribution >= 0.6 is 0 Å². The fraction of sp³-hybridized carbons (Fsp3) is 0.350. The number of carbonyl (C=O) groups excluding carboxylic acids is 1. The van der Waals surface area contributed by atoms with Gasteiger partial charge < -0.3 is 4.90 Å². The van der Waals surface area contributed by atoms with Crippen LogP contribution in [0.25, 0.3) is 0 Å². The summed E-state index contributed by atoms with van der Waals surface area (Å²) in [6.45, 7) is 4.87. The molecule has 0 aromatic heterocycles. The number of rotatable bonds is 5. The number of nitrogens with one attached hydrogen (secondary N) is 1. The minimum atomic E-state index is -3.63. The molecule has 6 heteroatoms. The van der Waals surface area contributed by atoms with Crippen molar-refractivity contribution in [1.29, 1.82) is 0 Å². The average molecular weight is 372 g/mol. The van der Waals surface area contributed by atoms with Crippen molar-refractivity contribution in [2.24, 2.45) is 0 Å². The second kappa shape index (κ2) is 7.50. The van der Waals surface area contributed by atoms with Gasteiger partial charge in [0.05, 0.1) is 4.90 Å². The molecule has 1 heterocycles. The molecule has 2 aromatic carbocycles. The largest absolute Gasteiger partial charge is 0.338 e. The van der Waals surface area contributed by atoms with E-state index in [0.717, 1.165) is 36.0 Å². The summed E-state index contributed by atoms with van der Waals surface area (Å²) in [7, 11) is -3.63. The van der Waals surface area contributed by atoms with Gasteiger partial charge in [0.15, 0.2) is 0 Å². The first kappa shape index (κ1) is 18.5. The zero-order valence-electron chi connectivity index (χ0n) is 15.2. The summed E-state index contributed by atoms with van der Waals surface area (Å²) in [5.74, 6) is 0.0359. The molecule has 0 unspecified atom stereocenters. The van der Waals surface area contributed by atoms with Crippen LogP contribution in [0.15, 0.2) is 47.4 Å². The third-order valence-electron chi connectivity index (χ3n) is 4.69. The lowest BCUT2D eigenvalue weighted by Crippen LogP contribution is -2.34. The Labute approximate surface area is 155 Å². The molecule has 1 aliphatic rings. The summed E-state index contributed by atoms with van der Waals surface area (Å²) >= 11 is 0. The molecular formula is C20H24N2O3S. The molecule has 0 fully saturated rings. The molecular weight excluding hydrogens is 348 g/mol. The number of anilines is 1. The van der Waals surface area contributed by atoms with Crippen LogP contribution in [-0.4, -0.2) is 25.8 Å². The molecule has 1 N–H and O–H groups in total. The highest BCUT2D eigenvalue weighted by Crippen LogP contribution is 2.24. The Morgan fingerprint density at radius 2 is 1.85 bits per heavy atom. The monoisotopic (exact) mass is 372 g/mol. The molecule has 0 atom stereocenters. The number of sulfonamides is 1. The third kappa shape index (κ3) is 4.07. The van der Waals surface area contributed by atoms with Gasteiger partial charge in [-0.05, 0) is 53.8 Å². The summed E-state index contributed by atoms with van der Waals surface area (Å²) in [4.78, 5) is 13.6. The number of fused-ring (bicyclic) bond motifs is 1. The molecule has 0 aliphatic carbocycles. The van der Waals surface area contributed by atoms with E-state index in [1.807, 2.05) is 24.3 Å². The van der Waals surface area contributed by atoms with Crippen molar-refractivity contribution in [2.75, 3.05) is 11.3 Å². The number of aryl methyl sites for hydroxylation is 1. The average Bonchev–Trinajstić information content (AvgIpc) is 2.61. The molecule has 0 saturated heterocycles. The number of benzene rings is 2. The van der Waals surface area contributed by atoms with Gasteiger partial charge in [0.25, 0.3) is 10.0 Å². The first-order valence-corrected chi connectivity index (χ1v) is 10.4. The van der Waals surface area contributed by atoms with E-state index in [9.17, 15) is 13.2 Å². The molecule has 0 spiro atoms. The predicted molar refractivity (Wildman–Crippen MR) is 102 cm³/mol. The maximum Gasteiger partial charge on any atom is 0.261 e. The van der Waals surface area contributed by atoms with Gasteiger partial charge in [-0.3, -0.25) is 9.52 Å². The van der Waals surface area contributed by atoms with Crippen LogP contribution in [0.1, 0.15) is 37.0 Å². The van der Waals surface area contributed by atoms with Crippen molar-refractivity contribution in [2.45, 2.75) is 44.6 Å². The highest BCUT2D eigenvalue weighted by atomic mass is 32.2. The van der Waals surface area contributed by atoms with Gasteiger partial charge in [-0.1, -0.05) is 31.5 Å². The first-order chi connectivity index (χ1) is 12.4. The zero-order chi connectivity index (χ0) is 18.7. The van der Waals surface area contributed by atoms with Crippen LogP contribution in [0.4, 0.5) is 5.69 Å². The Morgan fingerprint density at radius 3 is 2.50 bits per heavy atom. The van der Waals surface area contributed by atoms with Crippen molar-refractivity contribution in [3.8, 4) is 0 Å². The maximum absolute atomic E-state index is 12.6. The van der Waals surface area contributed by atoms with Gasteiger partial charge in [-0.2, -0.15) is 0 Å². The van der Waals surface area contributed by atoms with E-state index in [2.05, 4.69) is 11.6 Å². The normalized spacial score (nSPS) is 14.0. The fourth-order valence-corrected chi connectivity index (χ4v) is 4.28. The summed E-state index contributed by atoms with van der Waals surface area (Å²) < 4.78 is 27.9. The molecule has 1 amide bonds. The Morgan fingerprint density at radius 1 is 1.12 bits per heavy atom. The van der Waals surface area contributed by atoms with Crippen LogP contribution in [-0.2, 0) is 34.2 Å². The molecule has 0 bridgehead atoms. The zero-order valence-corrected chi connectivity index (χ0v) is 16.0. The van der Waals surface area contributed by atoms with Gasteiger partial charge in [0.1, 0.15) is 0 Å². The Kier molecular flexibility index (Phi) is 5.32. The van der Waals surface area contributed by atoms with E-state index in [1.165, 1.54) is 0 Å². The van der Waals surface area contributed by atoms with Crippen molar-refractivity contribution in [3.05, 3.63) is 59.2 Å². The standard InChI is InChI=1S/C20H24N2O3S/c1-3-4-16-5-9-20(10-6-16)26(24,25)21-19-8-7-17-11-12-22(15(2)23)14-18(17)13-19/h5-10,13,21H,3-4,11-12,14H2,1-2H3. The second-order valence-electron chi connectivity index (χ2n) is 6.67. The van der Waals surface area contributed by atoms with Crippen LogP contribution in [0, 0.1) is 0 Å². The van der Waals surface area contributed by atoms with E-state index in [-0.39, 0.29) is 10.8 Å². The summed E-state index contributed by atoms with van der Waals surface area (Å²) in [5, 5.41) is 0. The van der Waals surface area contributed by atoms with Crippen molar-refractivity contribution in [3.63, 3.8) is 0 Å². The van der Waals surface area contributed by atoms with E-state index < -0.39 is 10.0 Å². The van der Waals surface area contributed by atoms with Crippen molar-refractivity contribution >= 4 is 21.6 Å². The fourth-order valence-electron chi connectivity index (χ4n) is 3.23. The van der Waals surface area contributed by atoms with Crippen LogP contribution in [0.5, 0.6) is 0 Å². The van der Waals surface area contributed by atoms with Crippen LogP contribution in [0.2, 0.25) is 0 Å². The van der Waals surface area contributed by atoms with E-state index in [4.69, 9.17) is 0 Å². The smallest absolute Gasteiger partial charge is 0.261 e. The highest BCUT2D eigenvalue weighted by molar-refractivity contribution is 7.92. The Balaban J connectivity index is 1.80. The third-order valence-corrected chi connectivity index (χ3v) is 6.09. The molecule has 0 saturated carbocycles. The second-order valence-corrected chi connectivity index (χ2v) is 8.36. The van der Waals surface area contributed by atoms with Gasteiger partial charge in [-0.25, -0.2) is 8.42 Å². The Bertz CT molecular complexity index is 905. The van der Waals surface area contributed by atoms with Crippen molar-refractivity contribution < 1.29 is 13.2 Å². The molecule has 0 radical (unpaired) electrons. The quantitative estimate of drug-likeness (QED) is 0.875. The Hall–Kier alpha value is -2.34. The van der Waals surface area contributed by atoms with Gasteiger partial charge >= 0.3 is 0 Å². The number of carbonyl (C=O) groups is 1. The number of hydrogen-bond donors (Lipinski definition) is 1. The summed E-state index contributed by atoms with van der Waals surface area (Å²) in [5.41, 5.74) is 3.80. The van der Waals surface area contributed by atoms with Crippen LogP contribution < -0.4 is 4.72 Å². The lowest BCUT2D eigenvalue weighted by molar-refractivity contribution is -0.129. The number of hydrogen-bond acceptors (Lipinski definition) is 3. The van der Waals surface area contributed by atoms with Gasteiger partial charge in [0, 0.05) is 25.7 Å². The van der Waals surface area contributed by atoms with Gasteiger partial charge in [-0.15, -0.1) is 0 Å². The summed E-state index contributed by atoms with van der Waals surface area (Å²) in [6.07, 6.45) is 2.75. The first-order valence-electron chi connectivity index (χ1n) is 8.88. The van der Waals surface area contributed by atoms with E-state index in [0.29, 0.717) is 18.8 Å². The molecule has 1 aliphatic heterocycles. The highest BCUT2D eigenvalue weighted by Gasteiger charge is 2.20. The molecule has 138 valence electrons. The van der Waals surface area contributed by atoms with Crippen molar-refractivity contribution in [1.82, 2.24) is 4.90 Å². The molecule has 26 heavy (non-hydrogen) atoms. The lowest BCUT2D eigenvalue weighted by Gasteiger charge is -2.28. The molecule has 5 nitrogen and oxygen atoms in total. The molecule has 2 aromatic rings. The van der Waals surface area contributed by atoms with E-state index in [1.54, 1.807) is 30.0 Å². The SMILES string of the molecule is CCCc1ccc(S(=O)(=O)Nc2ccc3c(c2)CN(C(C)=O)CC3)cc1. The van der Waals surface area contributed by atoms with E-state index >= 15 is 0 Å². The van der Waals surface area contributed by atoms with Gasteiger partial charge in [0.2, 0.25) is 5.91 Å². The lowest BCUT2D eigenvalue weighted by atomic mass is 9.99. The number of amides is 1. The minimum Gasteiger partial charge on any atom is -0.338 e. The van der Waals surface area contributed by atoms with Crippen LogP contribution in [0.3, 0.4) is 0 Å². The predicted octanol–water partition coefficient (Wildman–Crippen LogP) is 3.34. The number of nitrogens with zero attached hydrogens (tertiary/aromatic N) is 1. The molecule has 3 rings (SSSR count).